The lowest BCUT2D eigenvalue weighted by Crippen LogP contribution is -2.37. The van der Waals surface area contributed by atoms with Crippen molar-refractivity contribution in [2.75, 3.05) is 0 Å². The molecule has 0 aromatic heterocycles. The van der Waals surface area contributed by atoms with Crippen molar-refractivity contribution in [1.82, 2.24) is 5.01 Å². The standard InChI is InChI=1S/C17H15FN2OS/c1-12(21)20-17(2,13-8-4-3-5-9-13)22-16(19-20)14-10-6-7-11-15(14)18/h3-11H,1-2H3. The van der Waals surface area contributed by atoms with Crippen LogP contribution in [0.1, 0.15) is 25.0 Å². The molecule has 0 spiro atoms. The van der Waals surface area contributed by atoms with Gasteiger partial charge >= 0.3 is 0 Å². The van der Waals surface area contributed by atoms with E-state index in [4.69, 9.17) is 0 Å². The minimum atomic E-state index is -0.676. The number of halogens is 1. The maximum absolute atomic E-state index is 14.0. The van der Waals surface area contributed by atoms with Crippen LogP contribution in [-0.2, 0) is 9.67 Å². The summed E-state index contributed by atoms with van der Waals surface area (Å²) in [5, 5.41) is 6.31. The second-order valence-electron chi connectivity index (χ2n) is 5.17. The molecule has 1 aliphatic rings. The van der Waals surface area contributed by atoms with Gasteiger partial charge in [0.05, 0.1) is 0 Å². The van der Waals surface area contributed by atoms with Crippen LogP contribution in [-0.4, -0.2) is 16.0 Å². The number of thioether (sulfide) groups is 1. The zero-order valence-corrected chi connectivity index (χ0v) is 13.1. The van der Waals surface area contributed by atoms with E-state index < -0.39 is 4.87 Å². The second kappa shape index (κ2) is 5.57. The van der Waals surface area contributed by atoms with Gasteiger partial charge in [0.1, 0.15) is 15.7 Å². The van der Waals surface area contributed by atoms with E-state index in [1.807, 2.05) is 37.3 Å². The highest BCUT2D eigenvalue weighted by atomic mass is 32.2. The van der Waals surface area contributed by atoms with Crippen LogP contribution in [0, 0.1) is 5.82 Å². The van der Waals surface area contributed by atoms with Crippen molar-refractivity contribution < 1.29 is 9.18 Å². The van der Waals surface area contributed by atoms with E-state index in [0.717, 1.165) is 5.56 Å². The van der Waals surface area contributed by atoms with Crippen LogP contribution in [0.2, 0.25) is 0 Å². The van der Waals surface area contributed by atoms with Gasteiger partial charge in [-0.3, -0.25) is 4.79 Å². The van der Waals surface area contributed by atoms with Gasteiger partial charge in [0.2, 0.25) is 5.91 Å². The smallest absolute Gasteiger partial charge is 0.241 e. The molecule has 0 saturated heterocycles. The first-order valence-electron chi connectivity index (χ1n) is 6.91. The molecule has 0 N–H and O–H groups in total. The molecular formula is C17H15FN2OS. The number of hydrogen-bond acceptors (Lipinski definition) is 3. The fraction of sp³-hybridized carbons (Fsp3) is 0.176. The minimum absolute atomic E-state index is 0.176. The van der Waals surface area contributed by atoms with Gasteiger partial charge in [-0.05, 0) is 24.6 Å². The summed E-state index contributed by atoms with van der Waals surface area (Å²) in [6.07, 6.45) is 0. The Morgan fingerprint density at radius 1 is 1.14 bits per heavy atom. The van der Waals surface area contributed by atoms with E-state index in [2.05, 4.69) is 5.10 Å². The zero-order chi connectivity index (χ0) is 15.7. The lowest BCUT2D eigenvalue weighted by atomic mass is 10.1. The Morgan fingerprint density at radius 2 is 1.77 bits per heavy atom. The van der Waals surface area contributed by atoms with Crippen LogP contribution in [0.5, 0.6) is 0 Å². The Labute approximate surface area is 132 Å². The molecule has 1 heterocycles. The van der Waals surface area contributed by atoms with Crippen molar-refractivity contribution >= 4 is 22.7 Å². The number of hydrazone groups is 1. The molecule has 1 atom stereocenters. The summed E-state index contributed by atoms with van der Waals surface area (Å²) in [4.78, 5) is 11.3. The Balaban J connectivity index is 2.06. The Morgan fingerprint density at radius 3 is 2.41 bits per heavy atom. The molecule has 22 heavy (non-hydrogen) atoms. The maximum Gasteiger partial charge on any atom is 0.241 e. The topological polar surface area (TPSA) is 32.7 Å². The molecule has 3 nitrogen and oxygen atoms in total. The number of benzene rings is 2. The average molecular weight is 314 g/mol. The van der Waals surface area contributed by atoms with E-state index in [1.54, 1.807) is 18.2 Å². The number of carbonyl (C=O) groups is 1. The third kappa shape index (κ3) is 2.41. The molecule has 1 amide bonds. The molecule has 5 heteroatoms. The highest BCUT2D eigenvalue weighted by Gasteiger charge is 2.44. The first-order chi connectivity index (χ1) is 10.5. The SMILES string of the molecule is CC(=O)N1N=C(c2ccccc2F)SC1(C)c1ccccc1. The summed E-state index contributed by atoms with van der Waals surface area (Å²) in [7, 11) is 0. The van der Waals surface area contributed by atoms with Crippen LogP contribution >= 0.6 is 11.8 Å². The molecule has 0 aliphatic carbocycles. The van der Waals surface area contributed by atoms with Crippen molar-refractivity contribution in [3.63, 3.8) is 0 Å². The van der Waals surface area contributed by atoms with Crippen molar-refractivity contribution in [2.45, 2.75) is 18.7 Å². The first-order valence-corrected chi connectivity index (χ1v) is 7.73. The molecule has 1 unspecified atom stereocenters. The predicted octanol–water partition coefficient (Wildman–Crippen LogP) is 3.96. The van der Waals surface area contributed by atoms with Crippen LogP contribution in [0.25, 0.3) is 0 Å². The summed E-state index contributed by atoms with van der Waals surface area (Å²) in [6, 6.07) is 16.1. The van der Waals surface area contributed by atoms with E-state index in [0.29, 0.717) is 10.6 Å². The normalized spacial score (nSPS) is 20.9. The monoisotopic (exact) mass is 314 g/mol. The van der Waals surface area contributed by atoms with Crippen molar-refractivity contribution in [1.29, 1.82) is 0 Å². The van der Waals surface area contributed by atoms with Crippen molar-refractivity contribution in [3.8, 4) is 0 Å². The molecule has 3 rings (SSSR count). The van der Waals surface area contributed by atoms with E-state index >= 15 is 0 Å². The van der Waals surface area contributed by atoms with Crippen LogP contribution in [0.3, 0.4) is 0 Å². The second-order valence-corrected chi connectivity index (χ2v) is 6.55. The molecule has 0 bridgehead atoms. The first kappa shape index (κ1) is 14.8. The van der Waals surface area contributed by atoms with Crippen molar-refractivity contribution in [2.24, 2.45) is 5.10 Å². The average Bonchev–Trinajstić information content (AvgIpc) is 2.88. The summed E-state index contributed by atoms with van der Waals surface area (Å²) in [5.41, 5.74) is 1.36. The number of nitrogens with zero attached hydrogens (tertiary/aromatic N) is 2. The highest BCUT2D eigenvalue weighted by molar-refractivity contribution is 8.15. The van der Waals surface area contributed by atoms with Gasteiger partial charge < -0.3 is 0 Å². The van der Waals surface area contributed by atoms with Gasteiger partial charge in [-0.1, -0.05) is 54.2 Å². The van der Waals surface area contributed by atoms with Crippen molar-refractivity contribution in [3.05, 3.63) is 71.5 Å². The predicted molar refractivity (Wildman–Crippen MR) is 86.8 cm³/mol. The zero-order valence-electron chi connectivity index (χ0n) is 12.3. The minimum Gasteiger partial charge on any atom is -0.273 e. The van der Waals surface area contributed by atoms with Crippen LogP contribution in [0.4, 0.5) is 4.39 Å². The summed E-state index contributed by atoms with van der Waals surface area (Å²) >= 11 is 1.38. The lowest BCUT2D eigenvalue weighted by Gasteiger charge is -2.31. The Bertz CT molecular complexity index is 747. The molecular weight excluding hydrogens is 299 g/mol. The summed E-state index contributed by atoms with van der Waals surface area (Å²) in [5.74, 6) is -0.514. The summed E-state index contributed by atoms with van der Waals surface area (Å²) in [6.45, 7) is 3.39. The van der Waals surface area contributed by atoms with E-state index in [-0.39, 0.29) is 11.7 Å². The van der Waals surface area contributed by atoms with Gasteiger partial charge in [-0.2, -0.15) is 5.10 Å². The fourth-order valence-electron chi connectivity index (χ4n) is 2.48. The third-order valence-corrected chi connectivity index (χ3v) is 4.90. The third-order valence-electron chi connectivity index (χ3n) is 3.60. The fourth-order valence-corrected chi connectivity index (χ4v) is 3.77. The molecule has 0 radical (unpaired) electrons. The molecule has 1 aliphatic heterocycles. The van der Waals surface area contributed by atoms with Gasteiger partial charge in [0, 0.05) is 12.5 Å². The molecule has 0 saturated carbocycles. The number of carbonyl (C=O) groups excluding carboxylic acids is 1. The van der Waals surface area contributed by atoms with Gasteiger partial charge in [-0.25, -0.2) is 9.40 Å². The number of hydrogen-bond donors (Lipinski definition) is 0. The Kier molecular flexibility index (Phi) is 3.74. The largest absolute Gasteiger partial charge is 0.273 e. The maximum atomic E-state index is 14.0. The van der Waals surface area contributed by atoms with Gasteiger partial charge in [-0.15, -0.1) is 0 Å². The van der Waals surface area contributed by atoms with E-state index in [9.17, 15) is 9.18 Å². The van der Waals surface area contributed by atoms with Crippen LogP contribution in [0.15, 0.2) is 59.7 Å². The molecule has 0 fully saturated rings. The highest BCUT2D eigenvalue weighted by Crippen LogP contribution is 2.47. The molecule has 2 aromatic carbocycles. The Hall–Kier alpha value is -2.14. The number of rotatable bonds is 2. The quantitative estimate of drug-likeness (QED) is 0.840. The summed E-state index contributed by atoms with van der Waals surface area (Å²) < 4.78 is 14.0. The van der Waals surface area contributed by atoms with Crippen LogP contribution < -0.4 is 0 Å². The molecule has 112 valence electrons. The van der Waals surface area contributed by atoms with Gasteiger partial charge in [0.25, 0.3) is 0 Å². The van der Waals surface area contributed by atoms with E-state index in [1.165, 1.54) is 29.8 Å². The van der Waals surface area contributed by atoms with Gasteiger partial charge in [0.15, 0.2) is 0 Å². The lowest BCUT2D eigenvalue weighted by molar-refractivity contribution is -0.131. The molecule has 2 aromatic rings. The number of amides is 1.